The monoisotopic (exact) mass is 610 g/mol. The molecule has 42 heavy (non-hydrogen) atoms. The Morgan fingerprint density at radius 3 is 2.60 bits per heavy atom. The first kappa shape index (κ1) is 31.1. The van der Waals surface area contributed by atoms with Crippen LogP contribution in [0.1, 0.15) is 78.1 Å². The Labute approximate surface area is 232 Å². The Balaban J connectivity index is 1.55. The molecule has 0 aromatic carbocycles. The number of nitrogens with one attached hydrogen (secondary N) is 2. The number of carbonyl (C=O) groups excluding carboxylic acids is 2. The minimum Gasteiger partial charge on any atom is -0.369 e. The van der Waals surface area contributed by atoms with Crippen molar-refractivity contribution in [3.8, 4) is 0 Å². The van der Waals surface area contributed by atoms with Gasteiger partial charge in [-0.1, -0.05) is 5.16 Å². The van der Waals surface area contributed by atoms with E-state index in [9.17, 15) is 45.4 Å². The second kappa shape index (κ2) is 12.6. The third kappa shape index (κ3) is 8.15. The van der Waals surface area contributed by atoms with Gasteiger partial charge in [-0.2, -0.15) is 27.1 Å². The molecule has 0 saturated heterocycles. The van der Waals surface area contributed by atoms with Crippen molar-refractivity contribution in [2.24, 2.45) is 5.92 Å². The van der Waals surface area contributed by atoms with Crippen LogP contribution in [0.4, 0.5) is 30.7 Å². The highest BCUT2D eigenvalue weighted by Gasteiger charge is 2.39. The van der Waals surface area contributed by atoms with E-state index in [2.05, 4.69) is 25.3 Å². The number of ether oxygens (including phenoxy) is 1. The molecule has 1 aliphatic rings. The van der Waals surface area contributed by atoms with Crippen LogP contribution in [0.2, 0.25) is 0 Å². The quantitative estimate of drug-likeness (QED) is 0.217. The number of aliphatic hydroxyl groups is 1. The summed E-state index contributed by atoms with van der Waals surface area (Å²) in [5.41, 5.74) is -0.146. The molecule has 3 aromatic rings. The van der Waals surface area contributed by atoms with Gasteiger partial charge in [-0.3, -0.25) is 9.59 Å². The molecule has 2 atom stereocenters. The summed E-state index contributed by atoms with van der Waals surface area (Å²) >= 11 is 0. The van der Waals surface area contributed by atoms with Gasteiger partial charge in [-0.15, -0.1) is 0 Å². The van der Waals surface area contributed by atoms with E-state index in [0.717, 1.165) is 12.5 Å². The number of carbonyl (C=O) groups is 2. The second-order valence-corrected chi connectivity index (χ2v) is 9.73. The lowest BCUT2D eigenvalue weighted by molar-refractivity contribution is -0.145. The maximum atomic E-state index is 13.9. The summed E-state index contributed by atoms with van der Waals surface area (Å²) in [6, 6.07) is 0.336. The summed E-state index contributed by atoms with van der Waals surface area (Å²) in [4.78, 5) is 29.3. The van der Waals surface area contributed by atoms with Crippen LogP contribution in [0.25, 0.3) is 5.65 Å². The van der Waals surface area contributed by atoms with E-state index in [-0.39, 0.29) is 41.0 Å². The molecular formula is C24H25F7N6O5. The largest absolute Gasteiger partial charge is 0.389 e. The van der Waals surface area contributed by atoms with E-state index in [1.165, 1.54) is 16.8 Å². The SMILES string of the molecule is O=C(CCC(F)(F)F)N[C@H](O)c1cnn2cc([C@@H](NC(=O)c3conc3COC(F)F)C3CCC(F)(F)CC3)nc2c1. The summed E-state index contributed by atoms with van der Waals surface area (Å²) in [5, 5.41) is 22.6. The van der Waals surface area contributed by atoms with Crippen LogP contribution in [0.3, 0.4) is 0 Å². The molecule has 0 spiro atoms. The van der Waals surface area contributed by atoms with Crippen molar-refractivity contribution in [2.75, 3.05) is 0 Å². The molecule has 0 aliphatic heterocycles. The van der Waals surface area contributed by atoms with E-state index in [4.69, 9.17) is 4.52 Å². The first-order chi connectivity index (χ1) is 19.7. The maximum Gasteiger partial charge on any atom is 0.389 e. The van der Waals surface area contributed by atoms with E-state index in [0.29, 0.717) is 0 Å². The lowest BCUT2D eigenvalue weighted by Gasteiger charge is -2.33. The summed E-state index contributed by atoms with van der Waals surface area (Å²) in [7, 11) is 0. The number of hydrogen-bond donors (Lipinski definition) is 3. The van der Waals surface area contributed by atoms with Crippen LogP contribution in [0.5, 0.6) is 0 Å². The average molecular weight is 610 g/mol. The number of imidazole rings is 1. The molecule has 1 aliphatic carbocycles. The molecule has 0 bridgehead atoms. The Hall–Kier alpha value is -3.80. The molecule has 11 nitrogen and oxygen atoms in total. The Morgan fingerprint density at radius 1 is 1.21 bits per heavy atom. The highest BCUT2D eigenvalue weighted by atomic mass is 19.4. The lowest BCUT2D eigenvalue weighted by Crippen LogP contribution is -2.37. The zero-order valence-electron chi connectivity index (χ0n) is 21.6. The smallest absolute Gasteiger partial charge is 0.369 e. The summed E-state index contributed by atoms with van der Waals surface area (Å²) in [6.45, 7) is -3.86. The van der Waals surface area contributed by atoms with Crippen LogP contribution >= 0.6 is 0 Å². The predicted octanol–water partition coefficient (Wildman–Crippen LogP) is 4.20. The number of nitrogens with zero attached hydrogens (tertiary/aromatic N) is 4. The third-order valence-electron chi connectivity index (χ3n) is 6.68. The van der Waals surface area contributed by atoms with Crippen LogP contribution in [-0.4, -0.2) is 55.4 Å². The highest BCUT2D eigenvalue weighted by Crippen LogP contribution is 2.41. The lowest BCUT2D eigenvalue weighted by atomic mass is 9.81. The van der Waals surface area contributed by atoms with Crippen molar-refractivity contribution in [1.29, 1.82) is 0 Å². The van der Waals surface area contributed by atoms with Crippen molar-refractivity contribution in [2.45, 2.75) is 76.1 Å². The van der Waals surface area contributed by atoms with Gasteiger partial charge in [-0.05, 0) is 24.8 Å². The Kier molecular flexibility index (Phi) is 9.34. The molecule has 3 heterocycles. The van der Waals surface area contributed by atoms with Crippen molar-refractivity contribution in [3.63, 3.8) is 0 Å². The average Bonchev–Trinajstić information content (AvgIpc) is 3.55. The molecule has 3 aromatic heterocycles. The molecule has 0 radical (unpaired) electrons. The number of aromatic nitrogens is 4. The fourth-order valence-corrected chi connectivity index (χ4v) is 4.51. The first-order valence-electron chi connectivity index (χ1n) is 12.6. The van der Waals surface area contributed by atoms with Crippen molar-refractivity contribution in [1.82, 2.24) is 30.4 Å². The Morgan fingerprint density at radius 2 is 1.93 bits per heavy atom. The standard InChI is InChI=1S/C24H25F7N6O5/c25-22(26)41-11-16-14(10-42-36-16)21(40)35-19(12-1-4-23(27,28)5-2-12)15-9-37-17(33-15)7-13(8-32-37)20(39)34-18(38)3-6-24(29,30)31/h7-10,12,19-20,22,39H,1-6,11H2,(H,34,38)(H,35,40)/t19-,20+/m0/s1. The molecule has 0 unspecified atom stereocenters. The van der Waals surface area contributed by atoms with Crippen molar-refractivity contribution >= 4 is 17.5 Å². The van der Waals surface area contributed by atoms with Gasteiger partial charge in [0, 0.05) is 24.8 Å². The Bertz CT molecular complexity index is 1390. The molecule has 2 amide bonds. The van der Waals surface area contributed by atoms with E-state index in [1.54, 1.807) is 0 Å². The normalized spacial score (nSPS) is 17.4. The van der Waals surface area contributed by atoms with Gasteiger partial charge >= 0.3 is 12.8 Å². The highest BCUT2D eigenvalue weighted by molar-refractivity contribution is 5.95. The second-order valence-electron chi connectivity index (χ2n) is 9.73. The molecule has 230 valence electrons. The number of aliphatic hydroxyl groups excluding tert-OH is 1. The van der Waals surface area contributed by atoms with Crippen LogP contribution in [0, 0.1) is 5.92 Å². The third-order valence-corrected chi connectivity index (χ3v) is 6.68. The van der Waals surface area contributed by atoms with Gasteiger partial charge in [0.1, 0.15) is 17.5 Å². The van der Waals surface area contributed by atoms with Crippen LogP contribution in [0.15, 0.2) is 29.2 Å². The van der Waals surface area contributed by atoms with Crippen molar-refractivity contribution in [3.05, 3.63) is 47.2 Å². The molecule has 3 N–H and O–H groups in total. The number of amides is 2. The number of rotatable bonds is 11. The number of alkyl halides is 7. The van der Waals surface area contributed by atoms with Crippen molar-refractivity contribution < 1.29 is 54.7 Å². The fourth-order valence-electron chi connectivity index (χ4n) is 4.51. The zero-order chi connectivity index (χ0) is 30.7. The minimum absolute atomic E-state index is 0.00829. The summed E-state index contributed by atoms with van der Waals surface area (Å²) in [6.07, 6.45) is -5.93. The number of halogens is 7. The molecule has 1 fully saturated rings. The number of fused-ring (bicyclic) bond motifs is 1. The van der Waals surface area contributed by atoms with Gasteiger partial charge in [0.15, 0.2) is 11.9 Å². The van der Waals surface area contributed by atoms with Gasteiger partial charge < -0.3 is 25.0 Å². The van der Waals surface area contributed by atoms with Crippen LogP contribution in [-0.2, 0) is 16.1 Å². The van der Waals surface area contributed by atoms with Crippen LogP contribution < -0.4 is 10.6 Å². The zero-order valence-corrected chi connectivity index (χ0v) is 21.6. The van der Waals surface area contributed by atoms with Gasteiger partial charge in [0.25, 0.3) is 5.91 Å². The number of hydrogen-bond acceptors (Lipinski definition) is 8. The van der Waals surface area contributed by atoms with Gasteiger partial charge in [0.2, 0.25) is 11.8 Å². The molecule has 18 heteroatoms. The topological polar surface area (TPSA) is 144 Å². The van der Waals surface area contributed by atoms with E-state index >= 15 is 0 Å². The summed E-state index contributed by atoms with van der Waals surface area (Å²) < 4.78 is 100. The van der Waals surface area contributed by atoms with E-state index in [1.807, 2.05) is 5.32 Å². The van der Waals surface area contributed by atoms with E-state index < -0.39 is 81.0 Å². The van der Waals surface area contributed by atoms with Gasteiger partial charge in [0.05, 0.1) is 37.2 Å². The fraction of sp³-hybridized carbons (Fsp3) is 0.542. The molecular weight excluding hydrogens is 585 g/mol. The summed E-state index contributed by atoms with van der Waals surface area (Å²) in [5.74, 6) is -5.26. The van der Waals surface area contributed by atoms with Gasteiger partial charge in [-0.25, -0.2) is 18.3 Å². The first-order valence-corrected chi connectivity index (χ1v) is 12.6. The predicted molar refractivity (Wildman–Crippen MR) is 126 cm³/mol. The molecule has 4 rings (SSSR count). The molecule has 1 saturated carbocycles. The minimum atomic E-state index is -4.55. The maximum absolute atomic E-state index is 13.9.